The van der Waals surface area contributed by atoms with Crippen LogP contribution < -0.4 is 5.73 Å². The third-order valence-electron chi connectivity index (χ3n) is 3.81. The number of hydrogen-bond acceptors (Lipinski definition) is 3. The molecule has 2 aromatic rings. The van der Waals surface area contributed by atoms with E-state index in [1.807, 2.05) is 10.7 Å². The van der Waals surface area contributed by atoms with Crippen LogP contribution in [0.1, 0.15) is 26.5 Å². The highest BCUT2D eigenvalue weighted by Gasteiger charge is 2.23. The van der Waals surface area contributed by atoms with Crippen LogP contribution in [0, 0.1) is 5.92 Å². The quantitative estimate of drug-likeness (QED) is 0.881. The van der Waals surface area contributed by atoms with Crippen LogP contribution in [0.2, 0.25) is 0 Å². The van der Waals surface area contributed by atoms with Crippen LogP contribution >= 0.6 is 0 Å². The van der Waals surface area contributed by atoms with Crippen molar-refractivity contribution >= 4 is 10.9 Å². The molecule has 0 spiro atoms. The van der Waals surface area contributed by atoms with E-state index in [1.165, 1.54) is 10.9 Å². The second-order valence-electron chi connectivity index (χ2n) is 5.59. The van der Waals surface area contributed by atoms with Gasteiger partial charge in [0.25, 0.3) is 0 Å². The fourth-order valence-electron chi connectivity index (χ4n) is 2.87. The van der Waals surface area contributed by atoms with E-state index in [4.69, 9.17) is 15.6 Å². The number of rotatable bonds is 6. The van der Waals surface area contributed by atoms with E-state index in [-0.39, 0.29) is 12.1 Å². The molecule has 0 bridgehead atoms. The molecule has 0 aliphatic carbocycles. The van der Waals surface area contributed by atoms with Gasteiger partial charge < -0.3 is 10.5 Å². The number of para-hydroxylation sites is 1. The van der Waals surface area contributed by atoms with Crippen molar-refractivity contribution in [2.45, 2.75) is 45.9 Å². The molecule has 0 aliphatic heterocycles. The van der Waals surface area contributed by atoms with Gasteiger partial charge in [0.2, 0.25) is 0 Å². The standard InChI is InChI=1S/C16H25N3O/c1-5-19-15-9-7-6-8-12(15)14(18-19)10-13(17)16(20-4)11(2)3/h6-9,11,13,16H,5,10,17H2,1-4H3. The number of nitrogens with two attached hydrogens (primary N) is 1. The Bertz CT molecular complexity index is 562. The third kappa shape index (κ3) is 2.86. The molecular formula is C16H25N3O. The number of ether oxygens (including phenoxy) is 1. The molecule has 2 unspecified atom stereocenters. The van der Waals surface area contributed by atoms with Gasteiger partial charge in [0, 0.05) is 31.5 Å². The molecule has 0 aliphatic rings. The summed E-state index contributed by atoms with van der Waals surface area (Å²) in [6.07, 6.45) is 0.796. The molecule has 0 amide bonds. The Morgan fingerprint density at radius 2 is 2.00 bits per heavy atom. The summed E-state index contributed by atoms with van der Waals surface area (Å²) in [5, 5.41) is 5.90. The summed E-state index contributed by atoms with van der Waals surface area (Å²) in [6.45, 7) is 7.25. The zero-order chi connectivity index (χ0) is 14.7. The van der Waals surface area contributed by atoms with Crippen molar-refractivity contribution in [2.75, 3.05) is 7.11 Å². The number of aromatic nitrogens is 2. The molecule has 2 rings (SSSR count). The number of fused-ring (bicyclic) bond motifs is 1. The highest BCUT2D eigenvalue weighted by atomic mass is 16.5. The first-order valence-electron chi connectivity index (χ1n) is 7.31. The van der Waals surface area contributed by atoms with Crippen molar-refractivity contribution in [3.8, 4) is 0 Å². The maximum Gasteiger partial charge on any atom is 0.0748 e. The molecule has 2 atom stereocenters. The summed E-state index contributed by atoms with van der Waals surface area (Å²) >= 11 is 0. The Labute approximate surface area is 120 Å². The molecule has 4 nitrogen and oxygen atoms in total. The molecule has 4 heteroatoms. The van der Waals surface area contributed by atoms with E-state index in [0.29, 0.717) is 5.92 Å². The summed E-state index contributed by atoms with van der Waals surface area (Å²) < 4.78 is 7.57. The van der Waals surface area contributed by atoms with Gasteiger partial charge in [-0.05, 0) is 18.9 Å². The third-order valence-corrected chi connectivity index (χ3v) is 3.81. The van der Waals surface area contributed by atoms with Gasteiger partial charge in [0.05, 0.1) is 17.3 Å². The molecule has 0 saturated carbocycles. The Morgan fingerprint density at radius 3 is 2.60 bits per heavy atom. The SMILES string of the molecule is CCn1nc(CC(N)C(OC)C(C)C)c2ccccc21. The van der Waals surface area contributed by atoms with Crippen LogP contribution in [-0.4, -0.2) is 29.0 Å². The largest absolute Gasteiger partial charge is 0.380 e. The molecular weight excluding hydrogens is 250 g/mol. The van der Waals surface area contributed by atoms with E-state index in [2.05, 4.69) is 39.0 Å². The lowest BCUT2D eigenvalue weighted by Gasteiger charge is -2.25. The number of aryl methyl sites for hydroxylation is 1. The molecule has 0 radical (unpaired) electrons. The summed E-state index contributed by atoms with van der Waals surface area (Å²) in [5.41, 5.74) is 8.57. The van der Waals surface area contributed by atoms with Crippen molar-refractivity contribution < 1.29 is 4.74 Å². The molecule has 0 fully saturated rings. The average molecular weight is 275 g/mol. The number of hydrogen-bond donors (Lipinski definition) is 1. The lowest BCUT2D eigenvalue weighted by Crippen LogP contribution is -2.41. The molecule has 2 N–H and O–H groups in total. The Balaban J connectivity index is 2.29. The summed E-state index contributed by atoms with van der Waals surface area (Å²) in [7, 11) is 1.73. The van der Waals surface area contributed by atoms with Gasteiger partial charge in [0.1, 0.15) is 0 Å². The van der Waals surface area contributed by atoms with Gasteiger partial charge in [-0.15, -0.1) is 0 Å². The van der Waals surface area contributed by atoms with Crippen LogP contribution in [-0.2, 0) is 17.7 Å². The van der Waals surface area contributed by atoms with Crippen LogP contribution in [0.15, 0.2) is 24.3 Å². The summed E-state index contributed by atoms with van der Waals surface area (Å²) in [5.74, 6) is 0.398. The second-order valence-corrected chi connectivity index (χ2v) is 5.59. The minimum absolute atomic E-state index is 0.0383. The lowest BCUT2D eigenvalue weighted by molar-refractivity contribution is 0.0439. The Kier molecular flexibility index (Phi) is 4.78. The molecule has 1 aromatic carbocycles. The zero-order valence-corrected chi connectivity index (χ0v) is 12.8. The first-order valence-corrected chi connectivity index (χ1v) is 7.31. The normalized spacial score (nSPS) is 14.9. The highest BCUT2D eigenvalue weighted by molar-refractivity contribution is 5.82. The number of methoxy groups -OCH3 is 1. The average Bonchev–Trinajstić information content (AvgIpc) is 2.77. The van der Waals surface area contributed by atoms with E-state index in [9.17, 15) is 0 Å². The van der Waals surface area contributed by atoms with Crippen LogP contribution in [0.4, 0.5) is 0 Å². The monoisotopic (exact) mass is 275 g/mol. The topological polar surface area (TPSA) is 53.1 Å². The van der Waals surface area contributed by atoms with Crippen molar-refractivity contribution in [1.82, 2.24) is 9.78 Å². The summed E-state index contributed by atoms with van der Waals surface area (Å²) in [6, 6.07) is 8.29. The van der Waals surface area contributed by atoms with E-state index < -0.39 is 0 Å². The number of nitrogens with zero attached hydrogens (tertiary/aromatic N) is 2. The molecule has 1 aromatic heterocycles. The van der Waals surface area contributed by atoms with E-state index in [1.54, 1.807) is 7.11 Å². The van der Waals surface area contributed by atoms with Gasteiger partial charge in [-0.2, -0.15) is 5.10 Å². The smallest absolute Gasteiger partial charge is 0.0748 e. The van der Waals surface area contributed by atoms with E-state index >= 15 is 0 Å². The predicted molar refractivity (Wildman–Crippen MR) is 82.7 cm³/mol. The van der Waals surface area contributed by atoms with Crippen molar-refractivity contribution in [3.63, 3.8) is 0 Å². The molecule has 110 valence electrons. The first kappa shape index (κ1) is 15.0. The van der Waals surface area contributed by atoms with Gasteiger partial charge in [-0.3, -0.25) is 4.68 Å². The molecule has 1 heterocycles. The maximum atomic E-state index is 6.33. The van der Waals surface area contributed by atoms with Crippen LogP contribution in [0.5, 0.6) is 0 Å². The Morgan fingerprint density at radius 1 is 1.30 bits per heavy atom. The van der Waals surface area contributed by atoms with Gasteiger partial charge in [-0.25, -0.2) is 0 Å². The minimum atomic E-state index is -0.0383. The summed E-state index contributed by atoms with van der Waals surface area (Å²) in [4.78, 5) is 0. The van der Waals surface area contributed by atoms with Crippen molar-refractivity contribution in [1.29, 1.82) is 0 Å². The second kappa shape index (κ2) is 6.37. The van der Waals surface area contributed by atoms with Crippen LogP contribution in [0.25, 0.3) is 10.9 Å². The highest BCUT2D eigenvalue weighted by Crippen LogP contribution is 2.21. The minimum Gasteiger partial charge on any atom is -0.380 e. The van der Waals surface area contributed by atoms with Gasteiger partial charge >= 0.3 is 0 Å². The van der Waals surface area contributed by atoms with Gasteiger partial charge in [0.15, 0.2) is 0 Å². The fraction of sp³-hybridized carbons (Fsp3) is 0.562. The first-order chi connectivity index (χ1) is 9.58. The molecule has 0 saturated heterocycles. The lowest BCUT2D eigenvalue weighted by atomic mass is 9.96. The van der Waals surface area contributed by atoms with Crippen molar-refractivity contribution in [2.24, 2.45) is 11.7 Å². The van der Waals surface area contributed by atoms with Crippen LogP contribution in [0.3, 0.4) is 0 Å². The maximum absolute atomic E-state index is 6.33. The van der Waals surface area contributed by atoms with E-state index in [0.717, 1.165) is 18.7 Å². The zero-order valence-electron chi connectivity index (χ0n) is 12.8. The van der Waals surface area contributed by atoms with Crippen molar-refractivity contribution in [3.05, 3.63) is 30.0 Å². The molecule has 20 heavy (non-hydrogen) atoms. The predicted octanol–water partition coefficient (Wildman–Crippen LogP) is 2.60. The Hall–Kier alpha value is -1.39. The fourth-order valence-corrected chi connectivity index (χ4v) is 2.87. The van der Waals surface area contributed by atoms with Gasteiger partial charge in [-0.1, -0.05) is 32.0 Å². The number of benzene rings is 1.